The number of hydrogen-bond donors (Lipinski definition) is 1. The minimum Gasteiger partial charge on any atom is -0.479 e. The molecular formula is C43H41Cl2NO4. The number of ether oxygens (including phenoxy) is 1. The van der Waals surface area contributed by atoms with E-state index in [1.807, 2.05) is 130 Å². The zero-order valence-corrected chi connectivity index (χ0v) is 30.0. The average molecular weight is 707 g/mol. The van der Waals surface area contributed by atoms with Crippen LogP contribution in [-0.2, 0) is 32.2 Å². The summed E-state index contributed by atoms with van der Waals surface area (Å²) in [6.45, 7) is 6.46. The first kappa shape index (κ1) is 35.4. The summed E-state index contributed by atoms with van der Waals surface area (Å²) in [6.07, 6.45) is 1.74. The third-order valence-corrected chi connectivity index (χ3v) is 10.7. The summed E-state index contributed by atoms with van der Waals surface area (Å²) >= 11 is 13.6. The Labute approximate surface area is 304 Å². The minimum atomic E-state index is -1.61. The Balaban J connectivity index is 0.000000182. The molecule has 256 valence electrons. The van der Waals surface area contributed by atoms with Crippen LogP contribution in [0.3, 0.4) is 0 Å². The molecule has 1 saturated heterocycles. The zero-order valence-electron chi connectivity index (χ0n) is 28.5. The van der Waals surface area contributed by atoms with Crippen molar-refractivity contribution in [1.82, 2.24) is 4.90 Å². The molecule has 0 spiro atoms. The van der Waals surface area contributed by atoms with Gasteiger partial charge in [0.1, 0.15) is 11.5 Å². The maximum Gasteiger partial charge on any atom is 0.338 e. The highest BCUT2D eigenvalue weighted by molar-refractivity contribution is 6.34. The molecule has 5 aromatic rings. The van der Waals surface area contributed by atoms with Crippen LogP contribution in [0, 0.1) is 0 Å². The molecule has 1 aliphatic carbocycles. The second-order valence-electron chi connectivity index (χ2n) is 13.8. The van der Waals surface area contributed by atoms with Crippen LogP contribution in [0.15, 0.2) is 127 Å². The van der Waals surface area contributed by atoms with Gasteiger partial charge in [0.2, 0.25) is 5.54 Å². The number of benzene rings is 5. The highest BCUT2D eigenvalue weighted by Gasteiger charge is 2.58. The highest BCUT2D eigenvalue weighted by Crippen LogP contribution is 2.45. The van der Waals surface area contributed by atoms with Gasteiger partial charge in [0, 0.05) is 22.7 Å². The second-order valence-corrected chi connectivity index (χ2v) is 14.8. The number of hydrogen-bond acceptors (Lipinski definition) is 4. The molecule has 1 atom stereocenters. The van der Waals surface area contributed by atoms with E-state index in [0.29, 0.717) is 18.0 Å². The Hall–Kier alpha value is -4.42. The number of carboxylic acids is 1. The summed E-state index contributed by atoms with van der Waals surface area (Å²) in [6, 6.07) is 42.1. The van der Waals surface area contributed by atoms with Crippen LogP contribution >= 0.6 is 23.2 Å². The first-order valence-corrected chi connectivity index (χ1v) is 17.7. The molecule has 7 heteroatoms. The Kier molecular flexibility index (Phi) is 10.2. The lowest BCUT2D eigenvalue weighted by atomic mass is 9.84. The van der Waals surface area contributed by atoms with Crippen LogP contribution in [0.5, 0.6) is 0 Å². The topological polar surface area (TPSA) is 66.8 Å². The van der Waals surface area contributed by atoms with Gasteiger partial charge in [-0.3, -0.25) is 4.90 Å². The number of carbonyl (C=O) groups excluding carboxylic acids is 1. The Morgan fingerprint density at radius 1 is 0.780 bits per heavy atom. The maximum absolute atomic E-state index is 13.1. The van der Waals surface area contributed by atoms with E-state index >= 15 is 0 Å². The minimum absolute atomic E-state index is 0.0863. The van der Waals surface area contributed by atoms with Crippen molar-refractivity contribution in [2.45, 2.75) is 62.6 Å². The number of carboxylic acid groups (broad SMARTS) is 1. The zero-order chi connectivity index (χ0) is 35.5. The molecule has 50 heavy (non-hydrogen) atoms. The molecule has 5 aromatic carbocycles. The summed E-state index contributed by atoms with van der Waals surface area (Å²) in [7, 11) is 0. The van der Waals surface area contributed by atoms with E-state index in [1.165, 1.54) is 16.7 Å². The van der Waals surface area contributed by atoms with Gasteiger partial charge in [0.15, 0.2) is 0 Å². The smallest absolute Gasteiger partial charge is 0.338 e. The number of aliphatic carboxylic acids is 1. The lowest BCUT2D eigenvalue weighted by Crippen LogP contribution is -2.62. The van der Waals surface area contributed by atoms with Crippen LogP contribution < -0.4 is 0 Å². The SMILES string of the molecule is CC(C)(C)N1CCC[C@]1(C(=O)O)C(=O)OCc1cccc2c1Cc1ccccc1-2.Clc1ccccc1C(Cl)(c1ccccc1)c1ccccc1. The van der Waals surface area contributed by atoms with Gasteiger partial charge in [-0.1, -0.05) is 133 Å². The van der Waals surface area contributed by atoms with Gasteiger partial charge in [-0.2, -0.15) is 0 Å². The normalized spacial score (nSPS) is 16.9. The third-order valence-electron chi connectivity index (χ3n) is 9.78. The van der Waals surface area contributed by atoms with Gasteiger partial charge in [-0.05, 0) is 85.0 Å². The van der Waals surface area contributed by atoms with Crippen molar-refractivity contribution >= 4 is 35.1 Å². The molecule has 0 aromatic heterocycles. The van der Waals surface area contributed by atoms with E-state index in [9.17, 15) is 14.7 Å². The van der Waals surface area contributed by atoms with Crippen molar-refractivity contribution in [3.63, 3.8) is 0 Å². The van der Waals surface area contributed by atoms with Crippen molar-refractivity contribution in [3.8, 4) is 11.1 Å². The van der Waals surface area contributed by atoms with E-state index in [2.05, 4.69) is 18.2 Å². The maximum atomic E-state index is 13.1. The first-order chi connectivity index (χ1) is 24.0. The summed E-state index contributed by atoms with van der Waals surface area (Å²) in [5.74, 6) is -1.79. The molecule has 5 nitrogen and oxygen atoms in total. The third kappa shape index (κ3) is 6.58. The highest BCUT2D eigenvalue weighted by atomic mass is 35.5. The van der Waals surface area contributed by atoms with Crippen molar-refractivity contribution in [1.29, 1.82) is 0 Å². The van der Waals surface area contributed by atoms with Gasteiger partial charge < -0.3 is 9.84 Å². The molecule has 1 N–H and O–H groups in total. The molecule has 0 amide bonds. The quantitative estimate of drug-likeness (QED) is 0.0775. The van der Waals surface area contributed by atoms with Crippen molar-refractivity contribution in [2.75, 3.05) is 6.54 Å². The summed E-state index contributed by atoms with van der Waals surface area (Å²) in [5, 5.41) is 10.7. The monoisotopic (exact) mass is 705 g/mol. The number of carbonyl (C=O) groups is 2. The number of nitrogens with zero attached hydrogens (tertiary/aromatic N) is 1. The number of rotatable bonds is 7. The van der Waals surface area contributed by atoms with E-state index in [-0.39, 0.29) is 13.0 Å². The van der Waals surface area contributed by atoms with Crippen molar-refractivity contribution in [3.05, 3.63) is 166 Å². The van der Waals surface area contributed by atoms with Gasteiger partial charge >= 0.3 is 11.9 Å². The fourth-order valence-electron chi connectivity index (χ4n) is 7.42. The lowest BCUT2D eigenvalue weighted by molar-refractivity contribution is -0.174. The first-order valence-electron chi connectivity index (χ1n) is 16.9. The number of esters is 1. The van der Waals surface area contributed by atoms with Crippen molar-refractivity contribution in [2.24, 2.45) is 0 Å². The van der Waals surface area contributed by atoms with Gasteiger partial charge in [0.05, 0.1) is 0 Å². The van der Waals surface area contributed by atoms with Crippen LogP contribution in [-0.4, -0.2) is 39.6 Å². The van der Waals surface area contributed by atoms with Crippen LogP contribution in [0.1, 0.15) is 67.0 Å². The average Bonchev–Trinajstić information content (AvgIpc) is 3.76. The molecule has 2 aliphatic rings. The van der Waals surface area contributed by atoms with Crippen LogP contribution in [0.25, 0.3) is 11.1 Å². The fraction of sp³-hybridized carbons (Fsp3) is 0.256. The van der Waals surface area contributed by atoms with Crippen LogP contribution in [0.4, 0.5) is 0 Å². The Morgan fingerprint density at radius 2 is 1.36 bits per heavy atom. The molecule has 0 saturated carbocycles. The molecule has 1 heterocycles. The van der Waals surface area contributed by atoms with E-state index in [0.717, 1.165) is 34.2 Å². The summed E-state index contributed by atoms with van der Waals surface area (Å²) < 4.78 is 5.66. The number of fused-ring (bicyclic) bond motifs is 3. The molecule has 0 radical (unpaired) electrons. The van der Waals surface area contributed by atoms with E-state index in [4.69, 9.17) is 27.9 Å². The summed E-state index contributed by atoms with van der Waals surface area (Å²) in [4.78, 5) is 26.3. The number of alkyl halides is 1. The van der Waals surface area contributed by atoms with E-state index in [1.54, 1.807) is 4.90 Å². The lowest BCUT2D eigenvalue weighted by Gasteiger charge is -2.41. The molecular weight excluding hydrogens is 665 g/mol. The van der Waals surface area contributed by atoms with Crippen molar-refractivity contribution < 1.29 is 19.4 Å². The number of likely N-dealkylation sites (tertiary alicyclic amines) is 1. The van der Waals surface area contributed by atoms with Crippen LogP contribution in [0.2, 0.25) is 5.02 Å². The standard InChI is InChI=1S/C24H27NO4.C19H14Cl2/c1-23(2,3)25-13-7-12-24(25,21(26)27)22(28)29-15-17-9-6-11-19-18-10-5-4-8-16(18)14-20(17)19;20-18-14-8-7-13-17(18)19(21,15-9-3-1-4-10-15)16-11-5-2-6-12-16/h4-6,8-11H,7,12-15H2,1-3H3,(H,26,27);1-14H/t24-;/m0./s1. The molecule has 0 unspecified atom stereocenters. The Bertz CT molecular complexity index is 1950. The predicted molar refractivity (Wildman–Crippen MR) is 201 cm³/mol. The summed E-state index contributed by atoms with van der Waals surface area (Å²) in [5.41, 5.74) is 6.59. The largest absolute Gasteiger partial charge is 0.479 e. The number of halogens is 2. The van der Waals surface area contributed by atoms with Gasteiger partial charge in [0.25, 0.3) is 0 Å². The van der Waals surface area contributed by atoms with Gasteiger partial charge in [-0.25, -0.2) is 9.59 Å². The predicted octanol–water partition coefficient (Wildman–Crippen LogP) is 9.89. The fourth-order valence-corrected chi connectivity index (χ4v) is 8.17. The molecule has 7 rings (SSSR count). The molecule has 1 aliphatic heterocycles. The molecule has 1 fully saturated rings. The Morgan fingerprint density at radius 3 is 1.98 bits per heavy atom. The van der Waals surface area contributed by atoms with Gasteiger partial charge in [-0.15, -0.1) is 11.6 Å². The van der Waals surface area contributed by atoms with E-state index < -0.39 is 27.9 Å². The second kappa shape index (κ2) is 14.4. The molecule has 0 bridgehead atoms.